The molecule has 0 heterocycles. The van der Waals surface area contributed by atoms with E-state index in [1.807, 2.05) is 18.2 Å². The second-order valence-corrected chi connectivity index (χ2v) is 4.97. The molecule has 2 N–H and O–H groups in total. The molecule has 2 heteroatoms. The van der Waals surface area contributed by atoms with Crippen LogP contribution in [0.1, 0.15) is 31.4 Å². The van der Waals surface area contributed by atoms with Crippen LogP contribution in [0.15, 0.2) is 36.9 Å². The summed E-state index contributed by atoms with van der Waals surface area (Å²) in [5.41, 5.74) is 2.28. The molecule has 2 atom stereocenters. The molecular formula is C16H25NO. The van der Waals surface area contributed by atoms with Gasteiger partial charge in [-0.2, -0.15) is 0 Å². The predicted molar refractivity (Wildman–Crippen MR) is 77.5 cm³/mol. The van der Waals surface area contributed by atoms with Crippen molar-refractivity contribution in [2.45, 2.75) is 39.3 Å². The summed E-state index contributed by atoms with van der Waals surface area (Å²) in [7, 11) is 0. The molecule has 0 saturated carbocycles. The van der Waals surface area contributed by atoms with Gasteiger partial charge in [-0.1, -0.05) is 37.3 Å². The van der Waals surface area contributed by atoms with Crippen molar-refractivity contribution >= 4 is 0 Å². The van der Waals surface area contributed by atoms with E-state index in [1.54, 1.807) is 0 Å². The lowest BCUT2D eigenvalue weighted by molar-refractivity contribution is 0.282. The van der Waals surface area contributed by atoms with Crippen LogP contribution in [0.25, 0.3) is 0 Å². The van der Waals surface area contributed by atoms with Gasteiger partial charge < -0.3 is 10.4 Å². The molecule has 0 aliphatic heterocycles. The van der Waals surface area contributed by atoms with Crippen LogP contribution in [0.3, 0.4) is 0 Å². The Hall–Kier alpha value is -1.12. The van der Waals surface area contributed by atoms with Crippen molar-refractivity contribution in [1.29, 1.82) is 0 Å². The van der Waals surface area contributed by atoms with Gasteiger partial charge in [-0.05, 0) is 43.4 Å². The van der Waals surface area contributed by atoms with Crippen molar-refractivity contribution in [3.05, 3.63) is 48.0 Å². The molecular weight excluding hydrogens is 222 g/mol. The quantitative estimate of drug-likeness (QED) is 0.692. The van der Waals surface area contributed by atoms with Crippen LogP contribution in [0.2, 0.25) is 0 Å². The third kappa shape index (κ3) is 5.03. The van der Waals surface area contributed by atoms with E-state index >= 15 is 0 Å². The van der Waals surface area contributed by atoms with E-state index in [2.05, 4.69) is 37.9 Å². The Balaban J connectivity index is 2.30. The first kappa shape index (κ1) is 14.9. The molecule has 1 rings (SSSR count). The monoisotopic (exact) mass is 247 g/mol. The Morgan fingerprint density at radius 2 is 1.83 bits per heavy atom. The zero-order valence-corrected chi connectivity index (χ0v) is 11.5. The fraction of sp³-hybridized carbons (Fsp3) is 0.500. The Kier molecular flexibility index (Phi) is 6.69. The number of rotatable bonds is 8. The summed E-state index contributed by atoms with van der Waals surface area (Å²) in [6, 6.07) is 8.66. The topological polar surface area (TPSA) is 32.3 Å². The third-order valence-electron chi connectivity index (χ3n) is 3.48. The van der Waals surface area contributed by atoms with Gasteiger partial charge in [0.15, 0.2) is 0 Å². The van der Waals surface area contributed by atoms with E-state index in [0.717, 1.165) is 24.9 Å². The second-order valence-electron chi connectivity index (χ2n) is 4.97. The fourth-order valence-corrected chi connectivity index (χ4v) is 1.92. The molecule has 2 nitrogen and oxygen atoms in total. The van der Waals surface area contributed by atoms with E-state index in [1.165, 1.54) is 5.56 Å². The molecule has 18 heavy (non-hydrogen) atoms. The van der Waals surface area contributed by atoms with Crippen molar-refractivity contribution < 1.29 is 5.11 Å². The van der Waals surface area contributed by atoms with Gasteiger partial charge in [-0.3, -0.25) is 0 Å². The van der Waals surface area contributed by atoms with Crippen LogP contribution in [0, 0.1) is 5.92 Å². The van der Waals surface area contributed by atoms with Gasteiger partial charge >= 0.3 is 0 Å². The molecule has 0 spiro atoms. The van der Waals surface area contributed by atoms with Crippen LogP contribution >= 0.6 is 0 Å². The molecule has 0 bridgehead atoms. The van der Waals surface area contributed by atoms with E-state index in [0.29, 0.717) is 12.0 Å². The maximum absolute atomic E-state index is 8.97. The number of hydrogen-bond acceptors (Lipinski definition) is 2. The standard InChI is InChI=1S/C16H25NO/c1-4-5-13(2)14(3)17-11-10-15-6-8-16(12-18)9-7-15/h4,6-9,13-14,17-18H,1,5,10-12H2,2-3H3. The summed E-state index contributed by atoms with van der Waals surface area (Å²) in [5, 5.41) is 12.5. The molecule has 2 unspecified atom stereocenters. The maximum Gasteiger partial charge on any atom is 0.0681 e. The molecule has 1 aromatic rings. The first-order valence-electron chi connectivity index (χ1n) is 6.70. The third-order valence-corrected chi connectivity index (χ3v) is 3.48. The Bertz CT molecular complexity index is 345. The minimum absolute atomic E-state index is 0.120. The zero-order chi connectivity index (χ0) is 13.4. The average Bonchev–Trinajstić information content (AvgIpc) is 2.39. The van der Waals surface area contributed by atoms with E-state index in [9.17, 15) is 0 Å². The average molecular weight is 247 g/mol. The number of nitrogens with one attached hydrogen (secondary N) is 1. The zero-order valence-electron chi connectivity index (χ0n) is 11.5. The fourth-order valence-electron chi connectivity index (χ4n) is 1.92. The van der Waals surface area contributed by atoms with Crippen molar-refractivity contribution in [2.75, 3.05) is 6.54 Å². The van der Waals surface area contributed by atoms with Crippen LogP contribution in [-0.4, -0.2) is 17.7 Å². The van der Waals surface area contributed by atoms with Crippen LogP contribution in [-0.2, 0) is 13.0 Å². The first-order chi connectivity index (χ1) is 8.67. The molecule has 0 saturated heterocycles. The minimum Gasteiger partial charge on any atom is -0.392 e. The number of aliphatic hydroxyl groups excluding tert-OH is 1. The lowest BCUT2D eigenvalue weighted by atomic mass is 9.99. The largest absolute Gasteiger partial charge is 0.392 e. The van der Waals surface area contributed by atoms with E-state index < -0.39 is 0 Å². The molecule has 0 fully saturated rings. The highest BCUT2D eigenvalue weighted by atomic mass is 16.3. The highest BCUT2D eigenvalue weighted by Crippen LogP contribution is 2.09. The summed E-state index contributed by atoms with van der Waals surface area (Å²) in [4.78, 5) is 0. The highest BCUT2D eigenvalue weighted by molar-refractivity contribution is 5.22. The smallest absolute Gasteiger partial charge is 0.0681 e. The highest BCUT2D eigenvalue weighted by Gasteiger charge is 2.09. The van der Waals surface area contributed by atoms with Gasteiger partial charge in [0, 0.05) is 6.04 Å². The molecule has 0 aromatic heterocycles. The van der Waals surface area contributed by atoms with Gasteiger partial charge in [-0.25, -0.2) is 0 Å². The first-order valence-corrected chi connectivity index (χ1v) is 6.70. The summed E-state index contributed by atoms with van der Waals surface area (Å²) < 4.78 is 0. The Morgan fingerprint density at radius 1 is 1.22 bits per heavy atom. The number of allylic oxidation sites excluding steroid dienone is 1. The van der Waals surface area contributed by atoms with Gasteiger partial charge in [0.25, 0.3) is 0 Å². The van der Waals surface area contributed by atoms with Crippen molar-refractivity contribution in [2.24, 2.45) is 5.92 Å². The summed E-state index contributed by atoms with van der Waals surface area (Å²) in [6.45, 7) is 9.36. The number of aliphatic hydroxyl groups is 1. The SMILES string of the molecule is C=CCC(C)C(C)NCCc1ccc(CO)cc1. The Labute approximate surface area is 111 Å². The number of benzene rings is 1. The molecule has 0 radical (unpaired) electrons. The summed E-state index contributed by atoms with van der Waals surface area (Å²) in [6.07, 6.45) is 4.06. The molecule has 0 amide bonds. The van der Waals surface area contributed by atoms with Crippen molar-refractivity contribution in [3.63, 3.8) is 0 Å². The second kappa shape index (κ2) is 8.06. The molecule has 0 aliphatic carbocycles. The Morgan fingerprint density at radius 3 is 2.39 bits per heavy atom. The summed E-state index contributed by atoms with van der Waals surface area (Å²) in [5.74, 6) is 0.624. The normalized spacial score (nSPS) is 14.2. The van der Waals surface area contributed by atoms with Crippen LogP contribution in [0.4, 0.5) is 0 Å². The number of hydrogen-bond donors (Lipinski definition) is 2. The van der Waals surface area contributed by atoms with E-state index in [-0.39, 0.29) is 6.61 Å². The van der Waals surface area contributed by atoms with Gasteiger partial charge in [0.1, 0.15) is 0 Å². The van der Waals surface area contributed by atoms with Gasteiger partial charge in [0.05, 0.1) is 6.61 Å². The maximum atomic E-state index is 8.97. The van der Waals surface area contributed by atoms with Gasteiger partial charge in [-0.15, -0.1) is 6.58 Å². The molecule has 0 aliphatic rings. The van der Waals surface area contributed by atoms with E-state index in [4.69, 9.17) is 5.11 Å². The van der Waals surface area contributed by atoms with Crippen molar-refractivity contribution in [1.82, 2.24) is 5.32 Å². The summed E-state index contributed by atoms with van der Waals surface area (Å²) >= 11 is 0. The van der Waals surface area contributed by atoms with Crippen LogP contribution < -0.4 is 5.32 Å². The lowest BCUT2D eigenvalue weighted by Crippen LogP contribution is -2.33. The molecule has 1 aromatic carbocycles. The lowest BCUT2D eigenvalue weighted by Gasteiger charge is -2.20. The minimum atomic E-state index is 0.120. The van der Waals surface area contributed by atoms with Gasteiger partial charge in [0.2, 0.25) is 0 Å². The van der Waals surface area contributed by atoms with Crippen molar-refractivity contribution in [3.8, 4) is 0 Å². The molecule has 100 valence electrons. The van der Waals surface area contributed by atoms with Crippen LogP contribution in [0.5, 0.6) is 0 Å². The predicted octanol–water partition coefficient (Wildman–Crippen LogP) is 2.91.